The third kappa shape index (κ3) is 4.92. The van der Waals surface area contributed by atoms with Gasteiger partial charge < -0.3 is 13.9 Å². The van der Waals surface area contributed by atoms with Crippen LogP contribution in [0.1, 0.15) is 16.8 Å². The van der Waals surface area contributed by atoms with Crippen molar-refractivity contribution in [1.82, 2.24) is 9.97 Å². The molecular weight excluding hydrogens is 442 g/mol. The molecule has 0 bridgehead atoms. The standard InChI is InChI=1S/C20H17N3O8S/c1-12-3-7-14(8-4-12)32(28,29)31-16-10-6-13(11-17(16)30-2)5-9-15-18(23(26)27)19(24)22-20(25)21-15/h3-11H,1-2H3,(H2,21,22,24,25). The number of benzene rings is 2. The van der Waals surface area contributed by atoms with E-state index in [1.165, 1.54) is 49.6 Å². The molecule has 0 spiro atoms. The number of nitrogens with one attached hydrogen (secondary N) is 2. The van der Waals surface area contributed by atoms with Gasteiger partial charge in [-0.3, -0.25) is 19.9 Å². The van der Waals surface area contributed by atoms with Crippen molar-refractivity contribution >= 4 is 28.0 Å². The zero-order chi connectivity index (χ0) is 23.5. The molecule has 166 valence electrons. The van der Waals surface area contributed by atoms with E-state index >= 15 is 0 Å². The smallest absolute Gasteiger partial charge is 0.357 e. The molecule has 0 atom stereocenters. The number of nitro groups is 1. The molecule has 0 aliphatic heterocycles. The molecule has 0 radical (unpaired) electrons. The van der Waals surface area contributed by atoms with Crippen molar-refractivity contribution in [1.29, 1.82) is 0 Å². The normalized spacial score (nSPS) is 11.4. The second-order valence-corrected chi connectivity index (χ2v) is 8.07. The Bertz CT molecular complexity index is 1420. The van der Waals surface area contributed by atoms with Crippen LogP contribution in [-0.2, 0) is 10.1 Å². The predicted molar refractivity (Wildman–Crippen MR) is 115 cm³/mol. The average Bonchev–Trinajstić information content (AvgIpc) is 2.72. The van der Waals surface area contributed by atoms with E-state index in [1.54, 1.807) is 17.1 Å². The molecule has 2 N–H and O–H groups in total. The van der Waals surface area contributed by atoms with Crippen LogP contribution in [0.5, 0.6) is 11.5 Å². The molecule has 0 aliphatic rings. The summed E-state index contributed by atoms with van der Waals surface area (Å²) in [6.07, 6.45) is 2.55. The maximum absolute atomic E-state index is 12.5. The number of hydrogen-bond donors (Lipinski definition) is 2. The maximum atomic E-state index is 12.5. The zero-order valence-electron chi connectivity index (χ0n) is 16.8. The molecule has 11 nitrogen and oxygen atoms in total. The molecule has 12 heteroatoms. The van der Waals surface area contributed by atoms with Crippen LogP contribution in [0, 0.1) is 17.0 Å². The summed E-state index contributed by atoms with van der Waals surface area (Å²) in [5.41, 5.74) is -1.84. The lowest BCUT2D eigenvalue weighted by Gasteiger charge is -2.11. The molecule has 3 rings (SSSR count). The van der Waals surface area contributed by atoms with E-state index in [0.29, 0.717) is 5.56 Å². The third-order valence-electron chi connectivity index (χ3n) is 4.27. The van der Waals surface area contributed by atoms with Crippen molar-refractivity contribution in [3.8, 4) is 11.5 Å². The minimum atomic E-state index is -4.11. The molecule has 2 aromatic carbocycles. The molecule has 0 saturated carbocycles. The first-order chi connectivity index (χ1) is 15.1. The first-order valence-corrected chi connectivity index (χ1v) is 10.4. The van der Waals surface area contributed by atoms with Gasteiger partial charge in [-0.1, -0.05) is 29.8 Å². The van der Waals surface area contributed by atoms with Crippen molar-refractivity contribution in [2.24, 2.45) is 0 Å². The van der Waals surface area contributed by atoms with Crippen LogP contribution >= 0.6 is 0 Å². The maximum Gasteiger partial charge on any atom is 0.357 e. The van der Waals surface area contributed by atoms with Crippen molar-refractivity contribution in [2.45, 2.75) is 11.8 Å². The molecule has 0 aliphatic carbocycles. The van der Waals surface area contributed by atoms with Gasteiger partial charge in [-0.2, -0.15) is 8.42 Å². The SMILES string of the molecule is COc1cc(C=Cc2[nH]c(=O)[nH]c(=O)c2[N+](=O)[O-])ccc1OS(=O)(=O)c1ccc(C)cc1. The quantitative estimate of drug-likeness (QED) is 0.309. The van der Waals surface area contributed by atoms with E-state index in [-0.39, 0.29) is 22.1 Å². The molecule has 0 unspecified atom stereocenters. The third-order valence-corrected chi connectivity index (χ3v) is 5.52. The summed E-state index contributed by atoms with van der Waals surface area (Å²) in [7, 11) is -2.79. The molecule has 1 heterocycles. The van der Waals surface area contributed by atoms with Crippen LogP contribution in [0.15, 0.2) is 56.9 Å². The summed E-state index contributed by atoms with van der Waals surface area (Å²) in [4.78, 5) is 37.3. The number of aromatic nitrogens is 2. The lowest BCUT2D eigenvalue weighted by Crippen LogP contribution is -2.25. The molecule has 3 aromatic rings. The molecule has 0 amide bonds. The number of H-pyrrole nitrogens is 2. The van der Waals surface area contributed by atoms with Crippen LogP contribution in [-0.4, -0.2) is 30.4 Å². The van der Waals surface area contributed by atoms with Crippen molar-refractivity contribution in [3.63, 3.8) is 0 Å². The van der Waals surface area contributed by atoms with Crippen molar-refractivity contribution in [2.75, 3.05) is 7.11 Å². The highest BCUT2D eigenvalue weighted by atomic mass is 32.2. The average molecular weight is 459 g/mol. The highest BCUT2D eigenvalue weighted by Gasteiger charge is 2.20. The lowest BCUT2D eigenvalue weighted by atomic mass is 10.1. The van der Waals surface area contributed by atoms with Gasteiger partial charge in [0.25, 0.3) is 0 Å². The topological polar surface area (TPSA) is 161 Å². The number of aromatic amines is 2. The number of hydrogen-bond acceptors (Lipinski definition) is 8. The Balaban J connectivity index is 1.93. The summed E-state index contributed by atoms with van der Waals surface area (Å²) in [5, 5.41) is 11.1. The summed E-state index contributed by atoms with van der Waals surface area (Å²) in [6.45, 7) is 1.82. The largest absolute Gasteiger partial charge is 0.493 e. The van der Waals surface area contributed by atoms with E-state index in [1.807, 2.05) is 6.92 Å². The minimum absolute atomic E-state index is 0.0281. The fourth-order valence-electron chi connectivity index (χ4n) is 2.71. The van der Waals surface area contributed by atoms with E-state index in [0.717, 1.165) is 5.56 Å². The Hall–Kier alpha value is -4.19. The Labute approximate surface area is 181 Å². The zero-order valence-corrected chi connectivity index (χ0v) is 17.6. The molecule has 32 heavy (non-hydrogen) atoms. The first kappa shape index (κ1) is 22.5. The summed E-state index contributed by atoms with van der Waals surface area (Å²) < 4.78 is 35.4. The molecular formula is C20H17N3O8S. The highest BCUT2D eigenvalue weighted by molar-refractivity contribution is 7.87. The van der Waals surface area contributed by atoms with Gasteiger partial charge in [0.05, 0.1) is 12.0 Å². The van der Waals surface area contributed by atoms with E-state index in [2.05, 4.69) is 4.98 Å². The van der Waals surface area contributed by atoms with Gasteiger partial charge in [0.1, 0.15) is 10.6 Å². The minimum Gasteiger partial charge on any atom is -0.493 e. The monoisotopic (exact) mass is 459 g/mol. The Morgan fingerprint density at radius 2 is 1.69 bits per heavy atom. The van der Waals surface area contributed by atoms with Gasteiger partial charge in [0.15, 0.2) is 11.5 Å². The van der Waals surface area contributed by atoms with Crippen LogP contribution in [0.3, 0.4) is 0 Å². The van der Waals surface area contributed by atoms with Crippen LogP contribution in [0.4, 0.5) is 5.69 Å². The van der Waals surface area contributed by atoms with Crippen LogP contribution < -0.4 is 20.2 Å². The number of aryl methyl sites for hydroxylation is 1. The fraction of sp³-hybridized carbons (Fsp3) is 0.100. The second-order valence-electron chi connectivity index (χ2n) is 6.52. The summed E-state index contributed by atoms with van der Waals surface area (Å²) in [6, 6.07) is 10.4. The number of rotatable bonds is 7. The van der Waals surface area contributed by atoms with Crippen molar-refractivity contribution < 1.29 is 22.3 Å². The van der Waals surface area contributed by atoms with Gasteiger partial charge >= 0.3 is 27.1 Å². The van der Waals surface area contributed by atoms with Crippen molar-refractivity contribution in [3.05, 3.63) is 90.2 Å². The molecule has 1 aromatic heterocycles. The van der Waals surface area contributed by atoms with Gasteiger partial charge in [0, 0.05) is 0 Å². The van der Waals surface area contributed by atoms with Crippen LogP contribution in [0.25, 0.3) is 12.2 Å². The fourth-order valence-corrected chi connectivity index (χ4v) is 3.65. The first-order valence-electron chi connectivity index (χ1n) is 8.99. The van der Waals surface area contributed by atoms with Gasteiger partial charge in [0.2, 0.25) is 0 Å². The Kier molecular flexibility index (Phi) is 6.25. The highest BCUT2D eigenvalue weighted by Crippen LogP contribution is 2.31. The summed E-state index contributed by atoms with van der Waals surface area (Å²) in [5.74, 6) is 0.0116. The van der Waals surface area contributed by atoms with E-state index in [4.69, 9.17) is 8.92 Å². The van der Waals surface area contributed by atoms with Gasteiger partial charge in [-0.15, -0.1) is 0 Å². The molecule has 0 saturated heterocycles. The van der Waals surface area contributed by atoms with Gasteiger partial charge in [-0.25, -0.2) is 4.79 Å². The van der Waals surface area contributed by atoms with Crippen LogP contribution in [0.2, 0.25) is 0 Å². The molecule has 0 fully saturated rings. The lowest BCUT2D eigenvalue weighted by molar-refractivity contribution is -0.386. The Morgan fingerprint density at radius 3 is 2.31 bits per heavy atom. The number of ether oxygens (including phenoxy) is 1. The predicted octanol–water partition coefficient (Wildman–Crippen LogP) is 2.23. The van der Waals surface area contributed by atoms with E-state index < -0.39 is 32.0 Å². The van der Waals surface area contributed by atoms with E-state index in [9.17, 15) is 28.1 Å². The number of methoxy groups -OCH3 is 1. The Morgan fingerprint density at radius 1 is 1.00 bits per heavy atom. The second kappa shape index (κ2) is 8.89. The number of nitrogens with zero attached hydrogens (tertiary/aromatic N) is 1. The van der Waals surface area contributed by atoms with Gasteiger partial charge in [-0.05, 0) is 42.8 Å². The summed E-state index contributed by atoms with van der Waals surface area (Å²) >= 11 is 0.